The second-order valence-corrected chi connectivity index (χ2v) is 3.14. The summed E-state index contributed by atoms with van der Waals surface area (Å²) >= 11 is 0. The molecule has 0 fully saturated rings. The molecule has 1 atom stereocenters. The lowest BCUT2D eigenvalue weighted by Crippen LogP contribution is -2.18. The highest BCUT2D eigenvalue weighted by molar-refractivity contribution is 5.74. The Morgan fingerprint density at radius 3 is 1.88 bits per heavy atom. The van der Waals surface area contributed by atoms with Gasteiger partial charge in [-0.3, -0.25) is 4.79 Å². The monoisotopic (exact) mass is 246 g/mol. The van der Waals surface area contributed by atoms with E-state index in [0.29, 0.717) is 6.61 Å². The molecule has 0 heterocycles. The van der Waals surface area contributed by atoms with E-state index in [1.54, 1.807) is 6.92 Å². The second kappa shape index (κ2) is 12.9. The number of carbonyl (C=O) groups is 1. The molecule has 0 aromatic rings. The molecular formula is C12H22O5. The van der Waals surface area contributed by atoms with Gasteiger partial charge in [0.05, 0.1) is 32.3 Å². The summed E-state index contributed by atoms with van der Waals surface area (Å²) in [6.07, 6.45) is 2.90. The number of aliphatic hydroxyl groups is 3. The molecule has 3 N–H and O–H groups in total. The van der Waals surface area contributed by atoms with E-state index in [1.807, 2.05) is 0 Å². The normalized spacial score (nSPS) is 11.1. The molecule has 5 heteroatoms. The molecule has 0 aromatic carbocycles. The maximum absolute atomic E-state index is 10.8. The van der Waals surface area contributed by atoms with Crippen molar-refractivity contribution < 1.29 is 24.9 Å². The molecule has 0 aliphatic rings. The van der Waals surface area contributed by atoms with E-state index in [2.05, 4.69) is 17.9 Å². The summed E-state index contributed by atoms with van der Waals surface area (Å²) in [6.45, 7) is 8.55. The highest BCUT2D eigenvalue weighted by Crippen LogP contribution is 1.98. The smallest absolute Gasteiger partial charge is 0.315 e. The van der Waals surface area contributed by atoms with Crippen LogP contribution in [-0.4, -0.2) is 47.7 Å². The van der Waals surface area contributed by atoms with Gasteiger partial charge in [-0.2, -0.15) is 0 Å². The van der Waals surface area contributed by atoms with Gasteiger partial charge >= 0.3 is 5.97 Å². The summed E-state index contributed by atoms with van der Waals surface area (Å²) in [5.41, 5.74) is 0. The van der Waals surface area contributed by atoms with E-state index in [9.17, 15) is 4.79 Å². The first-order chi connectivity index (χ1) is 8.10. The summed E-state index contributed by atoms with van der Waals surface area (Å²) in [4.78, 5) is 10.8. The molecular weight excluding hydrogens is 224 g/mol. The molecule has 100 valence electrons. The highest BCUT2D eigenvalue weighted by atomic mass is 16.5. The highest BCUT2D eigenvalue weighted by Gasteiger charge is 2.13. The van der Waals surface area contributed by atoms with Crippen LogP contribution in [0.15, 0.2) is 25.3 Å². The average molecular weight is 246 g/mol. The van der Waals surface area contributed by atoms with Crippen LogP contribution in [0, 0.1) is 11.8 Å². The van der Waals surface area contributed by atoms with E-state index in [0.717, 1.165) is 0 Å². The molecule has 0 aliphatic carbocycles. The van der Waals surface area contributed by atoms with Gasteiger partial charge in [-0.15, -0.1) is 13.2 Å². The first-order valence-electron chi connectivity index (χ1n) is 5.35. The Kier molecular flexibility index (Phi) is 13.8. The summed E-state index contributed by atoms with van der Waals surface area (Å²) in [5, 5.41) is 25.1. The van der Waals surface area contributed by atoms with Crippen molar-refractivity contribution in [3.05, 3.63) is 25.3 Å². The molecule has 0 radical (unpaired) electrons. The Labute approximate surface area is 102 Å². The topological polar surface area (TPSA) is 87.0 Å². The third-order valence-electron chi connectivity index (χ3n) is 1.87. The van der Waals surface area contributed by atoms with Crippen molar-refractivity contribution in [3.63, 3.8) is 0 Å². The predicted molar refractivity (Wildman–Crippen MR) is 65.3 cm³/mol. The van der Waals surface area contributed by atoms with Crippen molar-refractivity contribution in [1.29, 1.82) is 0 Å². The summed E-state index contributed by atoms with van der Waals surface area (Å²) < 4.78 is 4.62. The van der Waals surface area contributed by atoms with Gasteiger partial charge in [0, 0.05) is 5.92 Å². The van der Waals surface area contributed by atoms with Crippen LogP contribution in [0.25, 0.3) is 0 Å². The molecule has 0 spiro atoms. The average Bonchev–Trinajstić information content (AvgIpc) is 2.34. The Morgan fingerprint density at radius 1 is 1.18 bits per heavy atom. The predicted octanol–water partition coefficient (Wildman–Crippen LogP) is 0.117. The first-order valence-corrected chi connectivity index (χ1v) is 5.35. The van der Waals surface area contributed by atoms with E-state index in [-0.39, 0.29) is 25.7 Å². The van der Waals surface area contributed by atoms with Gasteiger partial charge in [0.1, 0.15) is 0 Å². The van der Waals surface area contributed by atoms with E-state index < -0.39 is 11.9 Å². The number of esters is 1. The van der Waals surface area contributed by atoms with Crippen molar-refractivity contribution in [2.45, 2.75) is 6.92 Å². The SMILES string of the molecule is C=CC(CO)C(=O)OCC.C=CC(CO)CO. The lowest BCUT2D eigenvalue weighted by atomic mass is 10.2. The number of hydrogen-bond donors (Lipinski definition) is 3. The van der Waals surface area contributed by atoms with Crippen LogP contribution in [0.3, 0.4) is 0 Å². The Bertz CT molecular complexity index is 211. The Balaban J connectivity index is 0. The molecule has 0 saturated heterocycles. The Morgan fingerprint density at radius 2 is 1.71 bits per heavy atom. The van der Waals surface area contributed by atoms with Crippen LogP contribution in [0.1, 0.15) is 6.92 Å². The third-order valence-corrected chi connectivity index (χ3v) is 1.87. The fourth-order valence-corrected chi connectivity index (χ4v) is 0.701. The fraction of sp³-hybridized carbons (Fsp3) is 0.583. The fourth-order valence-electron chi connectivity index (χ4n) is 0.701. The van der Waals surface area contributed by atoms with E-state index in [1.165, 1.54) is 12.2 Å². The summed E-state index contributed by atoms with van der Waals surface area (Å²) in [5.74, 6) is -1.13. The van der Waals surface area contributed by atoms with Crippen LogP contribution in [0.5, 0.6) is 0 Å². The number of hydrogen-bond acceptors (Lipinski definition) is 5. The third kappa shape index (κ3) is 9.74. The van der Waals surface area contributed by atoms with E-state index >= 15 is 0 Å². The lowest BCUT2D eigenvalue weighted by molar-refractivity contribution is -0.147. The maximum Gasteiger partial charge on any atom is 0.315 e. The molecule has 17 heavy (non-hydrogen) atoms. The molecule has 0 amide bonds. The molecule has 0 rings (SSSR count). The zero-order valence-electron chi connectivity index (χ0n) is 10.2. The number of ether oxygens (including phenoxy) is 1. The van der Waals surface area contributed by atoms with Crippen molar-refractivity contribution >= 4 is 5.97 Å². The van der Waals surface area contributed by atoms with Crippen LogP contribution >= 0.6 is 0 Å². The van der Waals surface area contributed by atoms with Gasteiger partial charge < -0.3 is 20.1 Å². The minimum Gasteiger partial charge on any atom is -0.465 e. The lowest BCUT2D eigenvalue weighted by Gasteiger charge is -2.06. The van der Waals surface area contributed by atoms with Crippen molar-refractivity contribution in [2.24, 2.45) is 11.8 Å². The van der Waals surface area contributed by atoms with Crippen LogP contribution in [0.4, 0.5) is 0 Å². The van der Waals surface area contributed by atoms with Crippen molar-refractivity contribution in [1.82, 2.24) is 0 Å². The van der Waals surface area contributed by atoms with Gasteiger partial charge in [0.25, 0.3) is 0 Å². The number of rotatable bonds is 7. The standard InChI is InChI=1S/C7H12O3.C5H10O2/c1-3-6(5-8)7(9)10-4-2;1-2-5(3-6)4-7/h3,6,8H,1,4-5H2,2H3;2,5-7H,1,3-4H2. The number of aliphatic hydroxyl groups excluding tert-OH is 3. The maximum atomic E-state index is 10.8. The van der Waals surface area contributed by atoms with Crippen molar-refractivity contribution in [3.8, 4) is 0 Å². The summed E-state index contributed by atoms with van der Waals surface area (Å²) in [6, 6.07) is 0. The van der Waals surface area contributed by atoms with Crippen LogP contribution in [0.2, 0.25) is 0 Å². The molecule has 0 bridgehead atoms. The Hall–Kier alpha value is -1.17. The second-order valence-electron chi connectivity index (χ2n) is 3.14. The molecule has 1 unspecified atom stereocenters. The zero-order chi connectivity index (χ0) is 13.7. The first kappa shape index (κ1) is 18.2. The molecule has 0 saturated carbocycles. The van der Waals surface area contributed by atoms with E-state index in [4.69, 9.17) is 15.3 Å². The summed E-state index contributed by atoms with van der Waals surface area (Å²) in [7, 11) is 0. The zero-order valence-corrected chi connectivity index (χ0v) is 10.2. The van der Waals surface area contributed by atoms with Gasteiger partial charge in [0.2, 0.25) is 0 Å². The van der Waals surface area contributed by atoms with Crippen LogP contribution < -0.4 is 0 Å². The number of carbonyl (C=O) groups excluding carboxylic acids is 1. The van der Waals surface area contributed by atoms with Gasteiger partial charge in [-0.1, -0.05) is 12.2 Å². The molecule has 0 aliphatic heterocycles. The van der Waals surface area contributed by atoms with Gasteiger partial charge in [0.15, 0.2) is 0 Å². The molecule has 0 aromatic heterocycles. The van der Waals surface area contributed by atoms with Gasteiger partial charge in [-0.05, 0) is 6.92 Å². The minimum atomic E-state index is -0.569. The quantitative estimate of drug-likeness (QED) is 0.438. The molecule has 5 nitrogen and oxygen atoms in total. The minimum absolute atomic E-state index is 0.0139. The van der Waals surface area contributed by atoms with Crippen molar-refractivity contribution in [2.75, 3.05) is 26.4 Å². The van der Waals surface area contributed by atoms with Crippen LogP contribution in [-0.2, 0) is 9.53 Å². The van der Waals surface area contributed by atoms with Gasteiger partial charge in [-0.25, -0.2) is 0 Å². The largest absolute Gasteiger partial charge is 0.465 e.